The van der Waals surface area contributed by atoms with Crippen molar-refractivity contribution in [2.24, 2.45) is 0 Å². The number of ether oxygens (including phenoxy) is 1. The molecule has 0 radical (unpaired) electrons. The fourth-order valence-electron chi connectivity index (χ4n) is 1.83. The highest BCUT2D eigenvalue weighted by atomic mass is 32.1. The molecule has 0 fully saturated rings. The maximum Gasteiger partial charge on any atom is 0.355 e. The van der Waals surface area contributed by atoms with Crippen molar-refractivity contribution < 1.29 is 19.4 Å². The second kappa shape index (κ2) is 8.40. The number of nitrogens with zero attached hydrogens (tertiary/aromatic N) is 1. The predicted octanol–water partition coefficient (Wildman–Crippen LogP) is 2.11. The molecule has 1 aromatic carbocycles. The molecule has 6 nitrogen and oxygen atoms in total. The first-order valence-electron chi connectivity index (χ1n) is 7.17. The lowest BCUT2D eigenvalue weighted by Crippen LogP contribution is -2.35. The summed E-state index contributed by atoms with van der Waals surface area (Å²) >= 11 is 1.27. The summed E-state index contributed by atoms with van der Waals surface area (Å²) in [5.41, 5.74) is 1.05. The highest BCUT2D eigenvalue weighted by Gasteiger charge is 2.13. The van der Waals surface area contributed by atoms with Crippen LogP contribution in [0.5, 0.6) is 0 Å². The SMILES string of the molecule is CC(OCc1ccccc1)C(=O)NCCc1nc(C(=O)O)cs1. The van der Waals surface area contributed by atoms with E-state index in [-0.39, 0.29) is 11.6 Å². The number of nitrogens with one attached hydrogen (secondary N) is 1. The number of rotatable bonds is 8. The Kier molecular flexibility index (Phi) is 6.25. The van der Waals surface area contributed by atoms with Crippen LogP contribution in [0.3, 0.4) is 0 Å². The van der Waals surface area contributed by atoms with E-state index in [1.807, 2.05) is 30.3 Å². The topological polar surface area (TPSA) is 88.5 Å². The van der Waals surface area contributed by atoms with Crippen LogP contribution < -0.4 is 5.32 Å². The highest BCUT2D eigenvalue weighted by molar-refractivity contribution is 7.09. The molecule has 122 valence electrons. The molecule has 0 saturated carbocycles. The molecule has 1 atom stereocenters. The summed E-state index contributed by atoms with van der Waals surface area (Å²) in [7, 11) is 0. The third-order valence-corrected chi connectivity index (χ3v) is 4.03. The molecule has 1 amide bonds. The molecular weight excluding hydrogens is 316 g/mol. The Morgan fingerprint density at radius 2 is 2.09 bits per heavy atom. The number of carboxylic acid groups (broad SMARTS) is 1. The maximum absolute atomic E-state index is 11.9. The second-order valence-corrected chi connectivity index (χ2v) is 5.85. The van der Waals surface area contributed by atoms with Crippen LogP contribution in [0.4, 0.5) is 0 Å². The molecule has 0 aliphatic heterocycles. The maximum atomic E-state index is 11.9. The van der Waals surface area contributed by atoms with Crippen molar-refractivity contribution in [3.63, 3.8) is 0 Å². The molecule has 7 heteroatoms. The number of amides is 1. The second-order valence-electron chi connectivity index (χ2n) is 4.91. The van der Waals surface area contributed by atoms with Gasteiger partial charge in [0.25, 0.3) is 0 Å². The minimum Gasteiger partial charge on any atom is -0.476 e. The van der Waals surface area contributed by atoms with E-state index in [4.69, 9.17) is 9.84 Å². The first kappa shape index (κ1) is 17.1. The number of carbonyl (C=O) groups is 2. The number of carbonyl (C=O) groups excluding carboxylic acids is 1. The van der Waals surface area contributed by atoms with E-state index < -0.39 is 12.1 Å². The average molecular weight is 334 g/mol. The number of aromatic carboxylic acids is 1. The smallest absolute Gasteiger partial charge is 0.355 e. The van der Waals surface area contributed by atoms with Crippen molar-refractivity contribution in [3.8, 4) is 0 Å². The molecule has 23 heavy (non-hydrogen) atoms. The summed E-state index contributed by atoms with van der Waals surface area (Å²) in [5.74, 6) is -1.24. The van der Waals surface area contributed by atoms with Gasteiger partial charge in [0.15, 0.2) is 5.69 Å². The van der Waals surface area contributed by atoms with Gasteiger partial charge in [0.05, 0.1) is 11.6 Å². The van der Waals surface area contributed by atoms with Gasteiger partial charge in [-0.2, -0.15) is 0 Å². The van der Waals surface area contributed by atoms with Gasteiger partial charge in [0.2, 0.25) is 5.91 Å². The van der Waals surface area contributed by atoms with Crippen molar-refractivity contribution in [2.45, 2.75) is 26.1 Å². The Morgan fingerprint density at radius 3 is 2.74 bits per heavy atom. The Bertz CT molecular complexity index is 657. The summed E-state index contributed by atoms with van der Waals surface area (Å²) in [6, 6.07) is 9.64. The zero-order valence-electron chi connectivity index (χ0n) is 12.7. The van der Waals surface area contributed by atoms with Gasteiger partial charge in [0, 0.05) is 18.3 Å². The molecule has 2 aromatic rings. The third kappa shape index (κ3) is 5.46. The molecule has 2 N–H and O–H groups in total. The first-order valence-corrected chi connectivity index (χ1v) is 8.05. The molecule has 0 aliphatic rings. The van der Waals surface area contributed by atoms with Gasteiger partial charge < -0.3 is 15.2 Å². The summed E-state index contributed by atoms with van der Waals surface area (Å²) in [5, 5.41) is 13.7. The van der Waals surface area contributed by atoms with Gasteiger partial charge in [-0.1, -0.05) is 30.3 Å². The highest BCUT2D eigenvalue weighted by Crippen LogP contribution is 2.10. The van der Waals surface area contributed by atoms with E-state index in [2.05, 4.69) is 10.3 Å². The van der Waals surface area contributed by atoms with Crippen LogP contribution in [0.15, 0.2) is 35.7 Å². The van der Waals surface area contributed by atoms with Crippen LogP contribution in [-0.2, 0) is 22.6 Å². The number of hydrogen-bond acceptors (Lipinski definition) is 5. The normalized spacial score (nSPS) is 11.9. The molecule has 1 aromatic heterocycles. The van der Waals surface area contributed by atoms with Crippen molar-refractivity contribution in [1.82, 2.24) is 10.3 Å². The standard InChI is InChI=1S/C16H18N2O4S/c1-11(22-9-12-5-3-2-4-6-12)15(19)17-8-7-14-18-13(10-23-14)16(20)21/h2-6,10-11H,7-9H2,1H3,(H,17,19)(H,20,21). The molecule has 0 bridgehead atoms. The number of carboxylic acids is 1. The minimum absolute atomic E-state index is 0.0379. The lowest BCUT2D eigenvalue weighted by atomic mass is 10.2. The fourth-order valence-corrected chi connectivity index (χ4v) is 2.60. The molecule has 0 saturated heterocycles. The summed E-state index contributed by atoms with van der Waals surface area (Å²) in [4.78, 5) is 26.6. The van der Waals surface area contributed by atoms with Crippen LogP contribution in [-0.4, -0.2) is 34.6 Å². The quantitative estimate of drug-likeness (QED) is 0.772. The molecule has 1 heterocycles. The average Bonchev–Trinajstić information content (AvgIpc) is 3.02. The first-order chi connectivity index (χ1) is 11.1. The molecule has 0 spiro atoms. The zero-order chi connectivity index (χ0) is 16.7. The lowest BCUT2D eigenvalue weighted by Gasteiger charge is -2.13. The van der Waals surface area contributed by atoms with Crippen molar-refractivity contribution in [1.29, 1.82) is 0 Å². The van der Waals surface area contributed by atoms with Crippen LogP contribution in [0, 0.1) is 0 Å². The Labute approximate surface area is 138 Å². The van der Waals surface area contributed by atoms with Gasteiger partial charge in [-0.25, -0.2) is 9.78 Å². The summed E-state index contributed by atoms with van der Waals surface area (Å²) < 4.78 is 5.53. The van der Waals surface area contributed by atoms with Gasteiger partial charge in [-0.05, 0) is 12.5 Å². The number of hydrogen-bond donors (Lipinski definition) is 2. The van der Waals surface area contributed by atoms with Crippen LogP contribution in [0.25, 0.3) is 0 Å². The summed E-state index contributed by atoms with van der Waals surface area (Å²) in [6.45, 7) is 2.47. The third-order valence-electron chi connectivity index (χ3n) is 3.12. The van der Waals surface area contributed by atoms with E-state index >= 15 is 0 Å². The van der Waals surface area contributed by atoms with Gasteiger partial charge in [-0.3, -0.25) is 4.79 Å². The van der Waals surface area contributed by atoms with Gasteiger partial charge >= 0.3 is 5.97 Å². The summed E-state index contributed by atoms with van der Waals surface area (Å²) in [6.07, 6.45) is -0.0594. The van der Waals surface area contributed by atoms with Crippen molar-refractivity contribution >= 4 is 23.2 Å². The van der Waals surface area contributed by atoms with E-state index in [1.165, 1.54) is 16.7 Å². The fraction of sp³-hybridized carbons (Fsp3) is 0.312. The number of thiazole rings is 1. The Morgan fingerprint density at radius 1 is 1.35 bits per heavy atom. The monoisotopic (exact) mass is 334 g/mol. The van der Waals surface area contributed by atoms with E-state index in [0.717, 1.165) is 5.56 Å². The predicted molar refractivity (Wildman–Crippen MR) is 86.5 cm³/mol. The van der Waals surface area contributed by atoms with E-state index in [0.29, 0.717) is 24.6 Å². The Hall–Kier alpha value is -2.25. The van der Waals surface area contributed by atoms with Gasteiger partial charge in [-0.15, -0.1) is 11.3 Å². The zero-order valence-corrected chi connectivity index (χ0v) is 13.5. The number of benzene rings is 1. The Balaban J connectivity index is 1.70. The van der Waals surface area contributed by atoms with Crippen LogP contribution in [0.2, 0.25) is 0 Å². The molecule has 1 unspecified atom stereocenters. The van der Waals surface area contributed by atoms with E-state index in [1.54, 1.807) is 6.92 Å². The van der Waals surface area contributed by atoms with Crippen molar-refractivity contribution in [3.05, 3.63) is 52.0 Å². The lowest BCUT2D eigenvalue weighted by molar-refractivity contribution is -0.132. The largest absolute Gasteiger partial charge is 0.476 e. The van der Waals surface area contributed by atoms with Gasteiger partial charge in [0.1, 0.15) is 6.10 Å². The molecular formula is C16H18N2O4S. The van der Waals surface area contributed by atoms with E-state index in [9.17, 15) is 9.59 Å². The van der Waals surface area contributed by atoms with Crippen LogP contribution in [0.1, 0.15) is 28.0 Å². The minimum atomic E-state index is -1.04. The number of aromatic nitrogens is 1. The van der Waals surface area contributed by atoms with Crippen molar-refractivity contribution in [2.75, 3.05) is 6.54 Å². The van der Waals surface area contributed by atoms with Crippen LogP contribution >= 0.6 is 11.3 Å². The molecule has 2 rings (SSSR count). The molecule has 0 aliphatic carbocycles.